The van der Waals surface area contributed by atoms with Gasteiger partial charge in [-0.05, 0) is 30.1 Å². The molecule has 1 N–H and O–H groups in total. The monoisotopic (exact) mass is 351 g/mol. The van der Waals surface area contributed by atoms with Crippen molar-refractivity contribution in [3.63, 3.8) is 0 Å². The number of rotatable bonds is 4. The number of benzene rings is 2. The fourth-order valence-corrected chi connectivity index (χ4v) is 2.41. The molecule has 0 aliphatic heterocycles. The molecular weight excluding hydrogens is 340 g/mol. The lowest BCUT2D eigenvalue weighted by molar-refractivity contribution is -0.664. The van der Waals surface area contributed by atoms with Crippen LogP contribution in [0.2, 0.25) is 0 Å². The standard InChI is InChI=1S/C19H11N8/c20-11-17(19(12-21,13-22)14-23)18-24-27(16-9-5-2-6-10-16)25-26(18)15-7-3-1-4-8-15/h1-10,20H/q+1. The molecule has 0 saturated carbocycles. The van der Waals surface area contributed by atoms with Gasteiger partial charge in [-0.1, -0.05) is 41.1 Å². The van der Waals surface area contributed by atoms with E-state index in [9.17, 15) is 15.8 Å². The van der Waals surface area contributed by atoms with Crippen molar-refractivity contribution in [2.45, 2.75) is 0 Å². The number of nitrogens with one attached hydrogen (secondary N) is 1. The predicted octanol–water partition coefficient (Wildman–Crippen LogP) is 1.73. The van der Waals surface area contributed by atoms with E-state index >= 15 is 0 Å². The van der Waals surface area contributed by atoms with Gasteiger partial charge in [0.15, 0.2) is 5.69 Å². The fraction of sp³-hybridized carbons (Fsp3) is 0.0526. The van der Waals surface area contributed by atoms with Crippen molar-refractivity contribution in [3.05, 3.63) is 66.5 Å². The molecule has 126 valence electrons. The Morgan fingerprint density at radius 1 is 0.926 bits per heavy atom. The van der Waals surface area contributed by atoms with Crippen LogP contribution in [0.25, 0.3) is 16.9 Å². The maximum atomic E-state index is 9.42. The molecule has 0 amide bonds. The molecule has 0 atom stereocenters. The smallest absolute Gasteiger partial charge is 0.258 e. The van der Waals surface area contributed by atoms with Gasteiger partial charge in [0.05, 0.1) is 10.3 Å². The quantitative estimate of drug-likeness (QED) is 0.565. The Bertz CT molecular complexity index is 1110. The number of aromatic nitrogens is 4. The van der Waals surface area contributed by atoms with Crippen LogP contribution in [0.3, 0.4) is 0 Å². The third kappa shape index (κ3) is 2.94. The summed E-state index contributed by atoms with van der Waals surface area (Å²) in [4.78, 5) is 1.30. The van der Waals surface area contributed by atoms with Crippen LogP contribution in [0.4, 0.5) is 0 Å². The number of nitriles is 3. The van der Waals surface area contributed by atoms with Gasteiger partial charge in [-0.3, -0.25) is 5.41 Å². The molecule has 0 aliphatic rings. The van der Waals surface area contributed by atoms with Gasteiger partial charge in [-0.25, -0.2) is 0 Å². The third-order valence-electron chi connectivity index (χ3n) is 3.78. The molecule has 2 aromatic carbocycles. The van der Waals surface area contributed by atoms with Gasteiger partial charge in [0.1, 0.15) is 29.5 Å². The molecular formula is C19H11N8+. The molecule has 0 saturated heterocycles. The Labute approximate surface area is 154 Å². The molecule has 0 bridgehead atoms. The lowest BCUT2D eigenvalue weighted by atomic mass is 9.84. The maximum Gasteiger partial charge on any atom is 0.344 e. The summed E-state index contributed by atoms with van der Waals surface area (Å²) in [6.07, 6.45) is 0. The minimum absolute atomic E-state index is 0.00435. The fourth-order valence-electron chi connectivity index (χ4n) is 2.41. The Balaban J connectivity index is 2.31. The predicted molar refractivity (Wildman–Crippen MR) is 93.3 cm³/mol. The van der Waals surface area contributed by atoms with E-state index in [4.69, 9.17) is 5.41 Å². The highest BCUT2D eigenvalue weighted by molar-refractivity contribution is 5.93. The molecule has 8 nitrogen and oxygen atoms in total. The lowest BCUT2D eigenvalue weighted by Gasteiger charge is -2.07. The van der Waals surface area contributed by atoms with Crippen LogP contribution in [0.1, 0.15) is 5.82 Å². The van der Waals surface area contributed by atoms with E-state index in [0.29, 0.717) is 11.4 Å². The van der Waals surface area contributed by atoms with Crippen molar-refractivity contribution in [3.8, 4) is 29.6 Å². The molecule has 3 aromatic rings. The largest absolute Gasteiger partial charge is 0.344 e. The van der Waals surface area contributed by atoms with Crippen LogP contribution < -0.4 is 4.68 Å². The van der Waals surface area contributed by atoms with E-state index in [2.05, 4.69) is 10.3 Å². The van der Waals surface area contributed by atoms with Crippen molar-refractivity contribution in [1.82, 2.24) is 15.1 Å². The zero-order valence-electron chi connectivity index (χ0n) is 13.9. The summed E-state index contributed by atoms with van der Waals surface area (Å²) in [5.41, 5.74) is -1.28. The second kappa shape index (κ2) is 7.13. The zero-order valence-corrected chi connectivity index (χ0v) is 13.9. The SMILES string of the molecule is N#CC(C#N)(C#N)C(=C=N)c1nn(-c2ccccc2)n[n+]1-c1ccccc1. The average Bonchev–Trinajstić information content (AvgIpc) is 3.18. The lowest BCUT2D eigenvalue weighted by Crippen LogP contribution is -2.39. The first-order valence-corrected chi connectivity index (χ1v) is 7.74. The van der Waals surface area contributed by atoms with Gasteiger partial charge in [-0.2, -0.15) is 15.8 Å². The molecule has 27 heavy (non-hydrogen) atoms. The number of tetrazole rings is 1. The van der Waals surface area contributed by atoms with Gasteiger partial charge < -0.3 is 0 Å². The third-order valence-corrected chi connectivity index (χ3v) is 3.78. The van der Waals surface area contributed by atoms with Crippen molar-refractivity contribution in [1.29, 1.82) is 21.2 Å². The van der Waals surface area contributed by atoms with Gasteiger partial charge >= 0.3 is 5.82 Å². The van der Waals surface area contributed by atoms with Crippen LogP contribution in [-0.2, 0) is 0 Å². The van der Waals surface area contributed by atoms with Gasteiger partial charge in [-0.15, -0.1) is 0 Å². The second-order valence-electron chi connectivity index (χ2n) is 5.37. The average molecular weight is 351 g/mol. The van der Waals surface area contributed by atoms with Crippen molar-refractivity contribution in [2.75, 3.05) is 0 Å². The van der Waals surface area contributed by atoms with Crippen LogP contribution in [-0.4, -0.2) is 21.0 Å². The molecule has 0 aliphatic carbocycles. The highest BCUT2D eigenvalue weighted by Crippen LogP contribution is 2.29. The van der Waals surface area contributed by atoms with E-state index in [1.54, 1.807) is 54.6 Å². The first kappa shape index (κ1) is 17.3. The van der Waals surface area contributed by atoms with Crippen LogP contribution in [0.5, 0.6) is 0 Å². The van der Waals surface area contributed by atoms with Crippen LogP contribution in [0, 0.1) is 44.8 Å². The van der Waals surface area contributed by atoms with E-state index < -0.39 is 5.41 Å². The van der Waals surface area contributed by atoms with Gasteiger partial charge in [0.2, 0.25) is 0 Å². The number of para-hydroxylation sites is 2. The zero-order chi connectivity index (χ0) is 19.3. The summed E-state index contributed by atoms with van der Waals surface area (Å²) in [6, 6.07) is 22.9. The Kier molecular flexibility index (Phi) is 4.55. The molecule has 8 heteroatoms. The molecule has 1 aromatic heterocycles. The number of hydrogen-bond acceptors (Lipinski definition) is 6. The summed E-state index contributed by atoms with van der Waals surface area (Å²) >= 11 is 0. The Hall–Kier alpha value is -4.57. The summed E-state index contributed by atoms with van der Waals surface area (Å²) in [5.74, 6) is 2.05. The molecule has 0 spiro atoms. The van der Waals surface area contributed by atoms with E-state index in [1.807, 2.05) is 30.1 Å². The summed E-state index contributed by atoms with van der Waals surface area (Å²) in [6.45, 7) is 0. The number of allylic oxidation sites excluding steroid dienone is 1. The van der Waals surface area contributed by atoms with Crippen LogP contribution in [0.15, 0.2) is 60.7 Å². The van der Waals surface area contributed by atoms with E-state index in [1.165, 1.54) is 9.48 Å². The molecule has 1 heterocycles. The highest BCUT2D eigenvalue weighted by Gasteiger charge is 2.44. The normalized spacial score (nSPS) is 10.1. The molecule has 3 rings (SSSR count). The molecule has 0 unspecified atom stereocenters. The van der Waals surface area contributed by atoms with Crippen molar-refractivity contribution < 1.29 is 4.68 Å². The topological polar surface area (TPSA) is 130 Å². The Morgan fingerprint density at radius 2 is 1.48 bits per heavy atom. The van der Waals surface area contributed by atoms with Crippen molar-refractivity contribution >= 4 is 11.4 Å². The van der Waals surface area contributed by atoms with E-state index in [0.717, 1.165) is 0 Å². The summed E-state index contributed by atoms with van der Waals surface area (Å²) in [5, 5.41) is 44.6. The minimum Gasteiger partial charge on any atom is -0.258 e. The van der Waals surface area contributed by atoms with Gasteiger partial charge in [0.25, 0.3) is 5.41 Å². The highest BCUT2D eigenvalue weighted by atomic mass is 15.6. The maximum absolute atomic E-state index is 9.42. The first-order valence-electron chi connectivity index (χ1n) is 7.74. The van der Waals surface area contributed by atoms with Crippen LogP contribution >= 0.6 is 0 Å². The van der Waals surface area contributed by atoms with E-state index in [-0.39, 0.29) is 11.4 Å². The first-order chi connectivity index (χ1) is 13.2. The van der Waals surface area contributed by atoms with Gasteiger partial charge in [0, 0.05) is 4.80 Å². The number of nitrogens with zero attached hydrogens (tertiary/aromatic N) is 7. The molecule has 0 radical (unpaired) electrons. The Morgan fingerprint density at radius 3 is 2.00 bits per heavy atom. The summed E-state index contributed by atoms with van der Waals surface area (Å²) in [7, 11) is 0. The molecule has 0 fully saturated rings. The summed E-state index contributed by atoms with van der Waals surface area (Å²) < 4.78 is 1.37. The second-order valence-corrected chi connectivity index (χ2v) is 5.37. The number of hydrogen-bond donors (Lipinski definition) is 1. The van der Waals surface area contributed by atoms with Crippen molar-refractivity contribution in [2.24, 2.45) is 5.41 Å². The minimum atomic E-state index is -2.23.